The molecule has 1 aromatic carbocycles. The Labute approximate surface area is 90.0 Å². The van der Waals surface area contributed by atoms with E-state index in [0.29, 0.717) is 23.5 Å². The fourth-order valence-corrected chi connectivity index (χ4v) is 1.54. The number of rotatable bonds is 4. The molecule has 82 valence electrons. The van der Waals surface area contributed by atoms with Gasteiger partial charge in [-0.25, -0.2) is 0 Å². The number of hydrogen-bond acceptors (Lipinski definition) is 3. The summed E-state index contributed by atoms with van der Waals surface area (Å²) in [6.45, 7) is 5.44. The first-order chi connectivity index (χ1) is 7.15. The Kier molecular flexibility index (Phi) is 3.61. The van der Waals surface area contributed by atoms with Crippen LogP contribution in [-0.2, 0) is 6.42 Å². The zero-order valence-corrected chi connectivity index (χ0v) is 9.33. The van der Waals surface area contributed by atoms with Gasteiger partial charge in [-0.3, -0.25) is 0 Å². The van der Waals surface area contributed by atoms with Gasteiger partial charge in [-0.05, 0) is 19.4 Å². The predicted molar refractivity (Wildman–Crippen MR) is 59.8 cm³/mol. The molecule has 0 aliphatic heterocycles. The number of benzene rings is 1. The van der Waals surface area contributed by atoms with Crippen LogP contribution in [0.5, 0.6) is 17.2 Å². The van der Waals surface area contributed by atoms with Crippen molar-refractivity contribution < 1.29 is 14.6 Å². The molecule has 0 bridgehead atoms. The smallest absolute Gasteiger partial charge is 0.167 e. The number of allylic oxidation sites excluding steroid dienone is 1. The second-order valence-corrected chi connectivity index (χ2v) is 3.24. The van der Waals surface area contributed by atoms with Crippen LogP contribution in [0.25, 0.3) is 0 Å². The number of phenols is 1. The van der Waals surface area contributed by atoms with Crippen molar-refractivity contribution in [3.63, 3.8) is 0 Å². The molecule has 0 fully saturated rings. The molecule has 0 aliphatic carbocycles. The van der Waals surface area contributed by atoms with Gasteiger partial charge in [0.2, 0.25) is 0 Å². The number of methoxy groups -OCH3 is 2. The fourth-order valence-electron chi connectivity index (χ4n) is 1.54. The summed E-state index contributed by atoms with van der Waals surface area (Å²) in [5.74, 6) is 1.44. The summed E-state index contributed by atoms with van der Waals surface area (Å²) in [6, 6.07) is 1.77. The van der Waals surface area contributed by atoms with Crippen LogP contribution in [0.3, 0.4) is 0 Å². The van der Waals surface area contributed by atoms with E-state index in [0.717, 1.165) is 5.56 Å². The number of hydrogen-bond donors (Lipinski definition) is 1. The summed E-state index contributed by atoms with van der Waals surface area (Å²) in [6.07, 6.45) is 2.34. The van der Waals surface area contributed by atoms with E-state index in [-0.39, 0.29) is 5.75 Å². The lowest BCUT2D eigenvalue weighted by Gasteiger charge is -2.14. The Morgan fingerprint density at radius 1 is 1.40 bits per heavy atom. The van der Waals surface area contributed by atoms with E-state index in [4.69, 9.17) is 9.47 Å². The van der Waals surface area contributed by atoms with Crippen LogP contribution in [0.15, 0.2) is 18.7 Å². The van der Waals surface area contributed by atoms with Gasteiger partial charge in [0, 0.05) is 11.1 Å². The zero-order chi connectivity index (χ0) is 11.4. The van der Waals surface area contributed by atoms with Crippen molar-refractivity contribution in [1.29, 1.82) is 0 Å². The first-order valence-electron chi connectivity index (χ1n) is 4.70. The van der Waals surface area contributed by atoms with Crippen molar-refractivity contribution in [1.82, 2.24) is 0 Å². The lowest BCUT2D eigenvalue weighted by molar-refractivity contribution is 0.347. The van der Waals surface area contributed by atoms with Crippen LogP contribution < -0.4 is 9.47 Å². The van der Waals surface area contributed by atoms with Gasteiger partial charge in [-0.1, -0.05) is 6.08 Å². The second-order valence-electron chi connectivity index (χ2n) is 3.24. The molecule has 0 saturated heterocycles. The molecule has 0 heterocycles. The molecule has 3 heteroatoms. The maximum absolute atomic E-state index is 9.88. The molecule has 1 N–H and O–H groups in total. The average Bonchev–Trinajstić information content (AvgIpc) is 2.24. The second kappa shape index (κ2) is 4.73. The third kappa shape index (κ3) is 2.06. The van der Waals surface area contributed by atoms with Gasteiger partial charge in [0.15, 0.2) is 11.5 Å². The highest BCUT2D eigenvalue weighted by Crippen LogP contribution is 2.39. The Morgan fingerprint density at radius 2 is 2.07 bits per heavy atom. The summed E-state index contributed by atoms with van der Waals surface area (Å²) < 4.78 is 10.4. The minimum Gasteiger partial charge on any atom is -0.507 e. The summed E-state index contributed by atoms with van der Waals surface area (Å²) in [5, 5.41) is 9.88. The van der Waals surface area contributed by atoms with E-state index in [2.05, 4.69) is 6.58 Å². The van der Waals surface area contributed by atoms with Gasteiger partial charge in [0.1, 0.15) is 5.75 Å². The van der Waals surface area contributed by atoms with Gasteiger partial charge in [-0.15, -0.1) is 6.58 Å². The number of ether oxygens (including phenoxy) is 2. The molecule has 0 radical (unpaired) electrons. The monoisotopic (exact) mass is 208 g/mol. The number of aromatic hydroxyl groups is 1. The maximum atomic E-state index is 9.88. The molecule has 0 spiro atoms. The third-order valence-electron chi connectivity index (χ3n) is 2.32. The largest absolute Gasteiger partial charge is 0.507 e. The van der Waals surface area contributed by atoms with Gasteiger partial charge in [0.05, 0.1) is 14.2 Å². The SMILES string of the molecule is C=CCc1cc(OC)c(OC)c(C)c1O. The molecule has 0 amide bonds. The highest BCUT2D eigenvalue weighted by Gasteiger charge is 2.14. The standard InChI is InChI=1S/C12H16O3/c1-5-6-9-7-10(14-3)12(15-4)8(2)11(9)13/h5,7,13H,1,6H2,2-4H3. The minimum atomic E-state index is 0.243. The van der Waals surface area contributed by atoms with Crippen molar-refractivity contribution in [2.75, 3.05) is 14.2 Å². The predicted octanol–water partition coefficient (Wildman–Crippen LogP) is 2.45. The zero-order valence-electron chi connectivity index (χ0n) is 9.33. The highest BCUT2D eigenvalue weighted by atomic mass is 16.5. The van der Waals surface area contributed by atoms with E-state index in [1.807, 2.05) is 0 Å². The van der Waals surface area contributed by atoms with Crippen molar-refractivity contribution >= 4 is 0 Å². The molecule has 0 aromatic heterocycles. The topological polar surface area (TPSA) is 38.7 Å². The molecule has 0 aliphatic rings. The van der Waals surface area contributed by atoms with Crippen LogP contribution in [-0.4, -0.2) is 19.3 Å². The first-order valence-corrected chi connectivity index (χ1v) is 4.70. The first kappa shape index (κ1) is 11.4. The lowest BCUT2D eigenvalue weighted by atomic mass is 10.0. The van der Waals surface area contributed by atoms with Gasteiger partial charge < -0.3 is 14.6 Å². The van der Waals surface area contributed by atoms with E-state index in [1.165, 1.54) is 0 Å². The van der Waals surface area contributed by atoms with Crippen LogP contribution in [0.4, 0.5) is 0 Å². The van der Waals surface area contributed by atoms with Crippen LogP contribution in [0, 0.1) is 6.92 Å². The quantitative estimate of drug-likeness (QED) is 0.772. The fraction of sp³-hybridized carbons (Fsp3) is 0.333. The molecule has 0 unspecified atom stereocenters. The van der Waals surface area contributed by atoms with E-state index >= 15 is 0 Å². The molecular formula is C12H16O3. The van der Waals surface area contributed by atoms with Gasteiger partial charge in [0.25, 0.3) is 0 Å². The van der Waals surface area contributed by atoms with Crippen LogP contribution >= 0.6 is 0 Å². The molecule has 0 saturated carbocycles. The van der Waals surface area contributed by atoms with Crippen molar-refractivity contribution in [3.05, 3.63) is 29.8 Å². The Bertz CT molecular complexity index is 370. The van der Waals surface area contributed by atoms with E-state index in [9.17, 15) is 5.11 Å². The molecule has 15 heavy (non-hydrogen) atoms. The maximum Gasteiger partial charge on any atom is 0.167 e. The van der Waals surface area contributed by atoms with Crippen LogP contribution in [0.1, 0.15) is 11.1 Å². The average molecular weight is 208 g/mol. The van der Waals surface area contributed by atoms with Crippen molar-refractivity contribution in [2.45, 2.75) is 13.3 Å². The minimum absolute atomic E-state index is 0.243. The Balaban J connectivity index is 3.35. The van der Waals surface area contributed by atoms with E-state index < -0.39 is 0 Å². The molecule has 1 rings (SSSR count). The Morgan fingerprint density at radius 3 is 2.53 bits per heavy atom. The molecule has 3 nitrogen and oxygen atoms in total. The molecule has 0 atom stereocenters. The molecular weight excluding hydrogens is 192 g/mol. The van der Waals surface area contributed by atoms with Crippen LogP contribution in [0.2, 0.25) is 0 Å². The third-order valence-corrected chi connectivity index (χ3v) is 2.32. The Hall–Kier alpha value is -1.64. The highest BCUT2D eigenvalue weighted by molar-refractivity contribution is 5.57. The van der Waals surface area contributed by atoms with Gasteiger partial charge >= 0.3 is 0 Å². The molecule has 1 aromatic rings. The normalized spacial score (nSPS) is 9.80. The van der Waals surface area contributed by atoms with Crippen molar-refractivity contribution in [2.24, 2.45) is 0 Å². The number of phenolic OH excluding ortho intramolecular Hbond substituents is 1. The van der Waals surface area contributed by atoms with Gasteiger partial charge in [-0.2, -0.15) is 0 Å². The van der Waals surface area contributed by atoms with E-state index in [1.54, 1.807) is 33.3 Å². The van der Waals surface area contributed by atoms with Crippen molar-refractivity contribution in [3.8, 4) is 17.2 Å². The summed E-state index contributed by atoms with van der Waals surface area (Å²) >= 11 is 0. The summed E-state index contributed by atoms with van der Waals surface area (Å²) in [4.78, 5) is 0. The summed E-state index contributed by atoms with van der Waals surface area (Å²) in [7, 11) is 3.13. The lowest BCUT2D eigenvalue weighted by Crippen LogP contribution is -1.96. The summed E-state index contributed by atoms with van der Waals surface area (Å²) in [5.41, 5.74) is 1.48.